The molecule has 4 aromatic rings. The third kappa shape index (κ3) is 5.79. The van der Waals surface area contributed by atoms with Crippen LogP contribution in [-0.4, -0.2) is 31.0 Å². The summed E-state index contributed by atoms with van der Waals surface area (Å²) in [5.74, 6) is -0.512. The second-order valence-electron chi connectivity index (χ2n) is 6.81. The summed E-state index contributed by atoms with van der Waals surface area (Å²) in [5, 5.41) is 19.5. The first kappa shape index (κ1) is 28.7. The Kier molecular flexibility index (Phi) is 8.92. The number of nitrogens with two attached hydrogens (primary N) is 1. The molecule has 0 aromatic heterocycles. The topological polar surface area (TPSA) is 185 Å². The van der Waals surface area contributed by atoms with Gasteiger partial charge in [0.25, 0.3) is 0 Å². The van der Waals surface area contributed by atoms with Gasteiger partial charge in [-0.15, -0.1) is 10.2 Å². The van der Waals surface area contributed by atoms with Gasteiger partial charge in [-0.05, 0) is 47.9 Å². The number of hydrogen-bond acceptors (Lipinski definition) is 10. The van der Waals surface area contributed by atoms with Crippen LogP contribution in [0.5, 0.6) is 5.75 Å². The van der Waals surface area contributed by atoms with Crippen molar-refractivity contribution < 1.29 is 90.2 Å². The van der Waals surface area contributed by atoms with Crippen LogP contribution in [-0.2, 0) is 20.2 Å². The Morgan fingerprint density at radius 1 is 0.735 bits per heavy atom. The summed E-state index contributed by atoms with van der Waals surface area (Å²) in [6, 6.07) is 13.4. The molecule has 0 saturated heterocycles. The zero-order chi connectivity index (χ0) is 23.3. The van der Waals surface area contributed by atoms with Crippen LogP contribution >= 0.6 is 0 Å². The van der Waals surface area contributed by atoms with Crippen molar-refractivity contribution in [3.8, 4) is 5.75 Å². The first-order chi connectivity index (χ1) is 14.9. The maximum atomic E-state index is 11.4. The molecule has 3 N–H and O–H groups in total. The van der Waals surface area contributed by atoms with Crippen molar-refractivity contribution in [2.24, 2.45) is 10.2 Å². The standard InChI is InChI=1S/C20H15N3O7S2.2Na/c21-16-6-7-18(15-9-13(32(28,29)30)10-19(24)20(15)16)23-22-17-3-1-2-11-4-5-12(8-14(11)17)31(25,26)27;;/h1-10,24H,21H2,(H,25,26,27)(H,28,29,30);;/q;2*+1/p-2. The molecule has 0 aliphatic rings. The van der Waals surface area contributed by atoms with Gasteiger partial charge in [-0.3, -0.25) is 0 Å². The molecule has 0 saturated carbocycles. The number of anilines is 1. The molecule has 0 spiro atoms. The van der Waals surface area contributed by atoms with Crippen molar-refractivity contribution in [2.75, 3.05) is 5.73 Å². The Balaban J connectivity index is 0.00000204. The van der Waals surface area contributed by atoms with Crippen LogP contribution in [0.3, 0.4) is 0 Å². The fraction of sp³-hybridized carbons (Fsp3) is 0. The molecular formula is C20H13N3Na2O7S2. The van der Waals surface area contributed by atoms with E-state index in [9.17, 15) is 31.0 Å². The molecule has 10 nitrogen and oxygen atoms in total. The number of hydrogen-bond donors (Lipinski definition) is 2. The average molecular weight is 517 g/mol. The fourth-order valence-electron chi connectivity index (χ4n) is 3.27. The largest absolute Gasteiger partial charge is 1.00 e. The number of fused-ring (bicyclic) bond motifs is 2. The van der Waals surface area contributed by atoms with Crippen LogP contribution in [0.15, 0.2) is 80.7 Å². The quantitative estimate of drug-likeness (QED) is 0.129. The SMILES string of the molecule is Nc1ccc(N=Nc2cccc3ccc(S(=O)(=O)[O-])cc23)c2cc(S(=O)(=O)[O-])cc(O)c12.[Na+].[Na+]. The molecule has 0 atom stereocenters. The smallest absolute Gasteiger partial charge is 0.744 e. The van der Waals surface area contributed by atoms with Crippen molar-refractivity contribution >= 4 is 58.8 Å². The summed E-state index contributed by atoms with van der Waals surface area (Å²) in [5.41, 5.74) is 6.33. The van der Waals surface area contributed by atoms with E-state index in [2.05, 4.69) is 10.2 Å². The molecule has 164 valence electrons. The van der Waals surface area contributed by atoms with E-state index in [1.54, 1.807) is 12.1 Å². The van der Waals surface area contributed by atoms with Gasteiger partial charge in [0.2, 0.25) is 0 Å². The van der Waals surface area contributed by atoms with Crippen molar-refractivity contribution in [1.82, 2.24) is 0 Å². The molecule has 0 fully saturated rings. The van der Waals surface area contributed by atoms with Crippen LogP contribution in [0, 0.1) is 0 Å². The Morgan fingerprint density at radius 2 is 1.32 bits per heavy atom. The summed E-state index contributed by atoms with van der Waals surface area (Å²) in [4.78, 5) is -1.10. The van der Waals surface area contributed by atoms with Gasteiger partial charge in [0.15, 0.2) is 0 Å². The van der Waals surface area contributed by atoms with Crippen LogP contribution in [0.4, 0.5) is 17.1 Å². The number of benzene rings is 4. The molecule has 0 heterocycles. The van der Waals surface area contributed by atoms with Gasteiger partial charge < -0.3 is 19.9 Å². The molecule has 4 rings (SSSR count). The molecule has 0 bridgehead atoms. The number of nitrogens with zero attached hydrogens (tertiary/aromatic N) is 2. The average Bonchev–Trinajstić information content (AvgIpc) is 2.71. The van der Waals surface area contributed by atoms with Gasteiger partial charge in [0, 0.05) is 21.8 Å². The van der Waals surface area contributed by atoms with Crippen LogP contribution in [0.2, 0.25) is 0 Å². The van der Waals surface area contributed by atoms with E-state index in [0.717, 1.165) is 12.1 Å². The maximum Gasteiger partial charge on any atom is 1.00 e. The van der Waals surface area contributed by atoms with E-state index in [1.165, 1.54) is 36.4 Å². The van der Waals surface area contributed by atoms with Gasteiger partial charge in [-0.1, -0.05) is 18.2 Å². The monoisotopic (exact) mass is 517 g/mol. The number of rotatable bonds is 4. The zero-order valence-electron chi connectivity index (χ0n) is 18.0. The Bertz CT molecular complexity index is 1660. The maximum absolute atomic E-state index is 11.4. The van der Waals surface area contributed by atoms with Crippen molar-refractivity contribution in [1.29, 1.82) is 0 Å². The number of nitrogen functional groups attached to an aromatic ring is 1. The molecule has 0 aliphatic carbocycles. The van der Waals surface area contributed by atoms with Crippen molar-refractivity contribution in [2.45, 2.75) is 9.79 Å². The predicted octanol–water partition coefficient (Wildman–Crippen LogP) is -2.49. The van der Waals surface area contributed by atoms with Gasteiger partial charge in [0.05, 0.1) is 21.2 Å². The van der Waals surface area contributed by atoms with Crippen LogP contribution in [0.1, 0.15) is 0 Å². The molecular weight excluding hydrogens is 504 g/mol. The summed E-state index contributed by atoms with van der Waals surface area (Å²) in [6.07, 6.45) is 0. The number of azo groups is 1. The fourth-order valence-corrected chi connectivity index (χ4v) is 4.28. The number of phenols is 1. The second-order valence-corrected chi connectivity index (χ2v) is 9.57. The van der Waals surface area contributed by atoms with E-state index in [1.807, 2.05) is 0 Å². The van der Waals surface area contributed by atoms with Gasteiger partial charge in [-0.25, -0.2) is 16.8 Å². The van der Waals surface area contributed by atoms with Crippen molar-refractivity contribution in [3.63, 3.8) is 0 Å². The normalized spacial score (nSPS) is 11.9. The molecule has 4 aromatic carbocycles. The minimum Gasteiger partial charge on any atom is -0.744 e. The van der Waals surface area contributed by atoms with E-state index < -0.39 is 35.8 Å². The summed E-state index contributed by atoms with van der Waals surface area (Å²) >= 11 is 0. The first-order valence-corrected chi connectivity index (χ1v) is 11.7. The summed E-state index contributed by atoms with van der Waals surface area (Å²) < 4.78 is 68.4. The van der Waals surface area contributed by atoms with Gasteiger partial charge in [-0.2, -0.15) is 0 Å². The molecule has 34 heavy (non-hydrogen) atoms. The van der Waals surface area contributed by atoms with Gasteiger partial charge >= 0.3 is 59.1 Å². The Morgan fingerprint density at radius 3 is 1.94 bits per heavy atom. The Labute approximate surface area is 239 Å². The van der Waals surface area contributed by atoms with Crippen LogP contribution < -0.4 is 64.8 Å². The third-order valence-electron chi connectivity index (χ3n) is 4.75. The van der Waals surface area contributed by atoms with E-state index in [-0.39, 0.29) is 86.9 Å². The number of phenolic OH excluding ortho intramolecular Hbond substituents is 1. The Hall–Kier alpha value is -1.58. The predicted molar refractivity (Wildman–Crippen MR) is 114 cm³/mol. The minimum absolute atomic E-state index is 0. The molecule has 0 aliphatic heterocycles. The minimum atomic E-state index is -4.87. The molecule has 14 heteroatoms. The van der Waals surface area contributed by atoms with Crippen molar-refractivity contribution in [3.05, 3.63) is 60.7 Å². The molecule has 0 radical (unpaired) electrons. The van der Waals surface area contributed by atoms with E-state index >= 15 is 0 Å². The van der Waals surface area contributed by atoms with E-state index in [0.29, 0.717) is 10.8 Å². The first-order valence-electron chi connectivity index (χ1n) is 8.87. The molecule has 0 amide bonds. The zero-order valence-corrected chi connectivity index (χ0v) is 23.6. The van der Waals surface area contributed by atoms with E-state index in [4.69, 9.17) is 5.73 Å². The van der Waals surface area contributed by atoms with Crippen LogP contribution in [0.25, 0.3) is 21.5 Å². The molecule has 0 unspecified atom stereocenters. The second kappa shape index (κ2) is 10.6. The summed E-state index contributed by atoms with van der Waals surface area (Å²) in [6.45, 7) is 0. The summed E-state index contributed by atoms with van der Waals surface area (Å²) in [7, 11) is -9.56. The van der Waals surface area contributed by atoms with Gasteiger partial charge in [0.1, 0.15) is 26.0 Å². The third-order valence-corrected chi connectivity index (χ3v) is 6.39. The number of aromatic hydroxyl groups is 1.